The highest BCUT2D eigenvalue weighted by molar-refractivity contribution is 5.99. The Kier molecular flexibility index (Phi) is 1.98. The van der Waals surface area contributed by atoms with Gasteiger partial charge in [0.2, 0.25) is 0 Å². The fraction of sp³-hybridized carbons (Fsp3) is 0.154. The lowest BCUT2D eigenvalue weighted by Crippen LogP contribution is -2.15. The Morgan fingerprint density at radius 1 is 1.29 bits per heavy atom. The smallest absolute Gasteiger partial charge is 0.356 e. The first-order chi connectivity index (χ1) is 8.22. The minimum Gasteiger partial charge on any atom is -0.464 e. The van der Waals surface area contributed by atoms with Gasteiger partial charge in [0.05, 0.1) is 17.8 Å². The minimum atomic E-state index is -0.397. The van der Waals surface area contributed by atoms with Crippen LogP contribution < -0.4 is 10.7 Å². The molecule has 0 saturated carbocycles. The van der Waals surface area contributed by atoms with Gasteiger partial charge in [-0.15, -0.1) is 0 Å². The number of carbonyl (C=O) groups excluding carboxylic acids is 1. The predicted molar refractivity (Wildman–Crippen MR) is 62.4 cm³/mol. The van der Waals surface area contributed by atoms with E-state index in [-0.39, 0.29) is 0 Å². The van der Waals surface area contributed by atoms with E-state index in [9.17, 15) is 4.79 Å². The minimum absolute atomic E-state index is 0.385. The average Bonchev–Trinajstić information content (AvgIpc) is 2.92. The van der Waals surface area contributed by atoms with E-state index in [2.05, 4.69) is 9.98 Å². The van der Waals surface area contributed by atoms with Gasteiger partial charge in [-0.1, -0.05) is 0 Å². The van der Waals surface area contributed by atoms with Crippen molar-refractivity contribution in [2.45, 2.75) is 6.92 Å². The molecule has 0 N–H and O–H groups in total. The Morgan fingerprint density at radius 3 is 2.82 bits per heavy atom. The van der Waals surface area contributed by atoms with E-state index in [1.54, 1.807) is 6.20 Å². The monoisotopic (exact) mass is 226 g/mol. The van der Waals surface area contributed by atoms with Gasteiger partial charge < -0.3 is 4.74 Å². The number of esters is 1. The lowest BCUT2D eigenvalue weighted by Gasteiger charge is -2.02. The topological polar surface area (TPSA) is 51.0 Å². The molecular weight excluding hydrogens is 216 g/mol. The lowest BCUT2D eigenvalue weighted by atomic mass is 10.0. The summed E-state index contributed by atoms with van der Waals surface area (Å²) in [6.45, 7) is 1.88. The maximum absolute atomic E-state index is 11.6. The summed E-state index contributed by atoms with van der Waals surface area (Å²) in [4.78, 5) is 20.1. The highest BCUT2D eigenvalue weighted by Gasteiger charge is 2.23. The Labute approximate surface area is 97.7 Å². The van der Waals surface area contributed by atoms with Gasteiger partial charge in [-0.25, -0.2) is 9.79 Å². The van der Waals surface area contributed by atoms with Gasteiger partial charge in [0.15, 0.2) is 5.70 Å². The van der Waals surface area contributed by atoms with Crippen LogP contribution in [0.2, 0.25) is 0 Å². The molecule has 1 aromatic carbocycles. The van der Waals surface area contributed by atoms with Crippen LogP contribution in [0.4, 0.5) is 0 Å². The van der Waals surface area contributed by atoms with E-state index in [0.29, 0.717) is 5.70 Å². The molecule has 0 amide bonds. The second-order valence-corrected chi connectivity index (χ2v) is 3.91. The summed E-state index contributed by atoms with van der Waals surface area (Å²) < 4.78 is 4.72. The van der Waals surface area contributed by atoms with Crippen molar-refractivity contribution in [2.75, 3.05) is 7.11 Å². The van der Waals surface area contributed by atoms with Crippen molar-refractivity contribution in [2.24, 2.45) is 9.98 Å². The molecule has 2 heterocycles. The molecule has 2 aliphatic rings. The summed E-state index contributed by atoms with van der Waals surface area (Å²) >= 11 is 0. The molecule has 0 bridgehead atoms. The molecule has 3 rings (SSSR count). The molecule has 17 heavy (non-hydrogen) atoms. The van der Waals surface area contributed by atoms with Crippen molar-refractivity contribution in [3.05, 3.63) is 45.9 Å². The first-order valence-corrected chi connectivity index (χ1v) is 5.28. The molecule has 0 aliphatic carbocycles. The second kappa shape index (κ2) is 3.38. The Balaban J connectivity index is 2.31. The maximum Gasteiger partial charge on any atom is 0.356 e. The quantitative estimate of drug-likeness (QED) is 0.666. The van der Waals surface area contributed by atoms with Crippen molar-refractivity contribution < 1.29 is 9.53 Å². The van der Waals surface area contributed by atoms with Crippen LogP contribution in [-0.2, 0) is 9.53 Å². The number of benzene rings is 1. The van der Waals surface area contributed by atoms with Gasteiger partial charge in [-0.2, -0.15) is 0 Å². The van der Waals surface area contributed by atoms with Gasteiger partial charge in [-0.05, 0) is 30.7 Å². The van der Waals surface area contributed by atoms with Gasteiger partial charge in [0.25, 0.3) is 0 Å². The first-order valence-electron chi connectivity index (χ1n) is 5.28. The number of ether oxygens (including phenoxy) is 1. The molecule has 0 spiro atoms. The zero-order valence-corrected chi connectivity index (χ0v) is 9.52. The highest BCUT2D eigenvalue weighted by atomic mass is 16.5. The number of rotatable bonds is 1. The molecule has 4 heteroatoms. The molecule has 4 nitrogen and oxygen atoms in total. The van der Waals surface area contributed by atoms with Crippen molar-refractivity contribution in [3.8, 4) is 0 Å². The molecular formula is C13H10N2O2. The van der Waals surface area contributed by atoms with Crippen molar-refractivity contribution in [1.29, 1.82) is 0 Å². The Bertz CT molecular complexity index is 712. The van der Waals surface area contributed by atoms with E-state index < -0.39 is 5.97 Å². The van der Waals surface area contributed by atoms with Crippen LogP contribution in [0, 0.1) is 0 Å². The molecule has 0 aromatic heterocycles. The van der Waals surface area contributed by atoms with Crippen molar-refractivity contribution in [1.82, 2.24) is 0 Å². The van der Waals surface area contributed by atoms with Crippen LogP contribution in [0.25, 0.3) is 11.6 Å². The third-order valence-electron chi connectivity index (χ3n) is 3.00. The van der Waals surface area contributed by atoms with Crippen LogP contribution in [0.1, 0.15) is 18.1 Å². The lowest BCUT2D eigenvalue weighted by molar-refractivity contribution is -0.136. The first kappa shape index (κ1) is 9.96. The number of carbonyl (C=O) groups is 1. The third kappa shape index (κ3) is 1.27. The number of methoxy groups -OCH3 is 1. The summed E-state index contributed by atoms with van der Waals surface area (Å²) in [5.74, 6) is -0.397. The number of allylic oxidation sites excluding steroid dienone is 1. The number of fused-ring (bicyclic) bond motifs is 3. The van der Waals surface area contributed by atoms with E-state index in [4.69, 9.17) is 4.74 Å². The molecule has 0 atom stereocenters. The Hall–Kier alpha value is -2.23. The summed E-state index contributed by atoms with van der Waals surface area (Å²) in [5.41, 5.74) is 3.25. The van der Waals surface area contributed by atoms with Crippen LogP contribution in [0.3, 0.4) is 0 Å². The molecule has 0 fully saturated rings. The van der Waals surface area contributed by atoms with Gasteiger partial charge >= 0.3 is 5.97 Å². The van der Waals surface area contributed by atoms with Crippen LogP contribution in [-0.4, -0.2) is 13.1 Å². The SMILES string of the molecule is COC(=O)C1=C(C)c2c3c(ccc2=N1)=NC=C3. The number of hydrogen-bond acceptors (Lipinski definition) is 4. The van der Waals surface area contributed by atoms with E-state index in [1.807, 2.05) is 25.1 Å². The van der Waals surface area contributed by atoms with E-state index in [1.165, 1.54) is 7.11 Å². The summed E-state index contributed by atoms with van der Waals surface area (Å²) in [6, 6.07) is 3.79. The van der Waals surface area contributed by atoms with Crippen molar-refractivity contribution >= 4 is 17.6 Å². The number of hydrogen-bond donors (Lipinski definition) is 0. The molecule has 84 valence electrons. The standard InChI is InChI=1S/C13H10N2O2/c1-7-11-8-5-6-14-9(8)3-4-10(11)15-12(7)13(16)17-2/h3-6H,1-2H3. The fourth-order valence-electron chi connectivity index (χ4n) is 2.18. The van der Waals surface area contributed by atoms with E-state index >= 15 is 0 Å². The van der Waals surface area contributed by atoms with Gasteiger partial charge in [0.1, 0.15) is 0 Å². The maximum atomic E-state index is 11.6. The highest BCUT2D eigenvalue weighted by Crippen LogP contribution is 2.25. The van der Waals surface area contributed by atoms with Gasteiger partial charge in [0, 0.05) is 17.3 Å². The van der Waals surface area contributed by atoms with E-state index in [0.717, 1.165) is 27.4 Å². The average molecular weight is 226 g/mol. The Morgan fingerprint density at radius 2 is 2.06 bits per heavy atom. The van der Waals surface area contributed by atoms with Gasteiger partial charge in [-0.3, -0.25) is 4.99 Å². The zero-order valence-electron chi connectivity index (χ0n) is 9.52. The second-order valence-electron chi connectivity index (χ2n) is 3.91. The summed E-state index contributed by atoms with van der Waals surface area (Å²) in [6.07, 6.45) is 3.70. The van der Waals surface area contributed by atoms with Crippen molar-refractivity contribution in [3.63, 3.8) is 0 Å². The zero-order chi connectivity index (χ0) is 12.0. The molecule has 0 saturated heterocycles. The third-order valence-corrected chi connectivity index (χ3v) is 3.00. The summed E-state index contributed by atoms with van der Waals surface area (Å²) in [5, 5.41) is 1.73. The van der Waals surface area contributed by atoms with Crippen LogP contribution >= 0.6 is 0 Å². The summed E-state index contributed by atoms with van der Waals surface area (Å²) in [7, 11) is 1.36. The normalized spacial score (nSPS) is 15.2. The molecule has 0 radical (unpaired) electrons. The largest absolute Gasteiger partial charge is 0.464 e. The van der Waals surface area contributed by atoms with Crippen LogP contribution in [0.15, 0.2) is 34.0 Å². The number of nitrogens with zero attached hydrogens (tertiary/aromatic N) is 2. The molecule has 0 unspecified atom stereocenters. The molecule has 2 aliphatic heterocycles. The van der Waals surface area contributed by atoms with Crippen LogP contribution in [0.5, 0.6) is 0 Å². The fourth-order valence-corrected chi connectivity index (χ4v) is 2.18. The molecule has 1 aromatic rings. The predicted octanol–water partition coefficient (Wildman–Crippen LogP) is 0.828.